The highest BCUT2D eigenvalue weighted by Crippen LogP contribution is 2.23. The van der Waals surface area contributed by atoms with Crippen molar-refractivity contribution in [3.05, 3.63) is 183 Å². The van der Waals surface area contributed by atoms with E-state index in [-0.39, 0.29) is 5.97 Å². The number of carboxylic acids is 1. The van der Waals surface area contributed by atoms with Crippen molar-refractivity contribution >= 4 is 46.4 Å². The molecule has 10 heteroatoms. The Morgan fingerprint density at radius 3 is 1.03 bits per heavy atom. The zero-order valence-corrected chi connectivity index (χ0v) is 38.6. The van der Waals surface area contributed by atoms with Crippen LogP contribution >= 0.6 is 15.9 Å². The first-order chi connectivity index (χ1) is 30.4. The van der Waals surface area contributed by atoms with Gasteiger partial charge in [0.25, 0.3) is 0 Å². The summed E-state index contributed by atoms with van der Waals surface area (Å²) in [7, 11) is 1.18. The molecule has 3 N–H and O–H groups in total. The number of esters is 2. The molecule has 0 heterocycles. The molecule has 63 heavy (non-hydrogen) atoms. The number of hydrogen-bond donors (Lipinski definition) is 3. The van der Waals surface area contributed by atoms with Gasteiger partial charge in [0.2, 0.25) is 0 Å². The van der Waals surface area contributed by atoms with Gasteiger partial charge >= 0.3 is 25.0 Å². The van der Waals surface area contributed by atoms with Crippen molar-refractivity contribution in [3.63, 3.8) is 0 Å². The molecule has 0 aliphatic carbocycles. The van der Waals surface area contributed by atoms with E-state index in [4.69, 9.17) is 19.9 Å². The predicted octanol–water partition coefficient (Wildman–Crippen LogP) is 11.8. The molecular weight excluding hydrogens is 855 g/mol. The highest BCUT2D eigenvalue weighted by atomic mass is 79.9. The first-order valence-electron chi connectivity index (χ1n) is 21.4. The lowest BCUT2D eigenvalue weighted by molar-refractivity contribution is 0.0592. The van der Waals surface area contributed by atoms with Gasteiger partial charge in [-0.15, -0.1) is 0 Å². The van der Waals surface area contributed by atoms with Crippen molar-refractivity contribution < 1.29 is 39.0 Å². The Labute approximate surface area is 382 Å². The number of aryl methyl sites for hydroxylation is 3. The van der Waals surface area contributed by atoms with Crippen molar-refractivity contribution in [3.8, 4) is 22.3 Å². The maximum absolute atomic E-state index is 11.4. The summed E-state index contributed by atoms with van der Waals surface area (Å²) in [6.45, 7) is 6.62. The molecule has 0 saturated carbocycles. The van der Waals surface area contributed by atoms with Crippen LogP contribution < -0.4 is 5.46 Å². The van der Waals surface area contributed by atoms with Gasteiger partial charge < -0.3 is 24.6 Å². The summed E-state index contributed by atoms with van der Waals surface area (Å²) in [4.78, 5) is 33.1. The van der Waals surface area contributed by atoms with E-state index in [2.05, 4.69) is 114 Å². The molecule has 0 radical (unpaired) electrons. The normalized spacial score (nSPS) is 10.1. The Hall–Kier alpha value is -5.81. The molecule has 6 aromatic carbocycles. The van der Waals surface area contributed by atoms with Gasteiger partial charge in [0, 0.05) is 4.47 Å². The van der Waals surface area contributed by atoms with Crippen LogP contribution in [0.5, 0.6) is 0 Å². The number of benzene rings is 6. The summed E-state index contributed by atoms with van der Waals surface area (Å²) in [5.74, 6) is -1.63. The molecule has 0 aliphatic heterocycles. The first-order valence-corrected chi connectivity index (χ1v) is 22.2. The molecule has 0 amide bonds. The zero-order valence-electron chi connectivity index (χ0n) is 37.1. The van der Waals surface area contributed by atoms with Crippen molar-refractivity contribution in [1.82, 2.24) is 0 Å². The third-order valence-electron chi connectivity index (χ3n) is 10.0. The smallest absolute Gasteiger partial charge is 0.478 e. The number of aromatic carboxylic acids is 1. The fraction of sp³-hybridized carbons (Fsp3) is 0.264. The molecule has 6 aromatic rings. The number of hydrogen-bond acceptors (Lipinski definition) is 7. The molecule has 0 atom stereocenters. The number of methoxy groups -OCH3 is 2. The van der Waals surface area contributed by atoms with E-state index in [0.717, 1.165) is 34.0 Å². The summed E-state index contributed by atoms with van der Waals surface area (Å²) in [5.41, 5.74) is 10.2. The quantitative estimate of drug-likeness (QED) is 0.0686. The SMILES string of the molecule is CCCCc1ccc(-c2ccc(C(=O)O)cc2)cc1.CCCCc1ccc(-c2ccc(C(=O)OC)cc2)cc1.CCCCc1ccc(Br)cc1.COC(=O)c1ccc(B(O)O)cc1. The van der Waals surface area contributed by atoms with Crippen molar-refractivity contribution in [1.29, 1.82) is 0 Å². The average Bonchev–Trinajstić information content (AvgIpc) is 3.33. The highest BCUT2D eigenvalue weighted by molar-refractivity contribution is 9.10. The number of carbonyl (C=O) groups excluding carboxylic acids is 2. The second-order valence-electron chi connectivity index (χ2n) is 14.8. The molecule has 0 saturated heterocycles. The maximum atomic E-state index is 11.4. The van der Waals surface area contributed by atoms with Crippen LogP contribution in [-0.2, 0) is 28.7 Å². The van der Waals surface area contributed by atoms with Crippen LogP contribution in [0.1, 0.15) is 107 Å². The second-order valence-corrected chi connectivity index (χ2v) is 15.7. The van der Waals surface area contributed by atoms with E-state index >= 15 is 0 Å². The number of ether oxygens (including phenoxy) is 2. The van der Waals surface area contributed by atoms with Crippen LogP contribution in [0.25, 0.3) is 22.3 Å². The Morgan fingerprint density at radius 1 is 0.460 bits per heavy atom. The van der Waals surface area contributed by atoms with E-state index in [1.807, 2.05) is 24.3 Å². The minimum Gasteiger partial charge on any atom is -0.478 e. The largest absolute Gasteiger partial charge is 0.488 e. The molecule has 8 nitrogen and oxygen atoms in total. The third-order valence-corrected chi connectivity index (χ3v) is 10.5. The van der Waals surface area contributed by atoms with Gasteiger partial charge in [-0.1, -0.05) is 153 Å². The van der Waals surface area contributed by atoms with E-state index < -0.39 is 19.1 Å². The average molecular weight is 916 g/mol. The zero-order chi connectivity index (χ0) is 46.0. The molecule has 0 unspecified atom stereocenters. The Bertz CT molecular complexity index is 2220. The lowest BCUT2D eigenvalue weighted by atomic mass is 9.80. The predicted molar refractivity (Wildman–Crippen MR) is 260 cm³/mol. The second kappa shape index (κ2) is 28.7. The van der Waals surface area contributed by atoms with E-state index in [1.54, 1.807) is 24.3 Å². The number of unbranched alkanes of at least 4 members (excludes halogenated alkanes) is 3. The van der Waals surface area contributed by atoms with E-state index in [1.165, 1.54) is 106 Å². The molecule has 0 aromatic heterocycles. The lowest BCUT2D eigenvalue weighted by Crippen LogP contribution is -2.29. The molecule has 6 rings (SSSR count). The molecule has 0 spiro atoms. The molecular formula is C53H60BBrO8. The number of rotatable bonds is 15. The van der Waals surface area contributed by atoms with E-state index in [0.29, 0.717) is 22.2 Å². The lowest BCUT2D eigenvalue weighted by Gasteiger charge is -2.05. The summed E-state index contributed by atoms with van der Waals surface area (Å²) >= 11 is 3.41. The van der Waals surface area contributed by atoms with Crippen LogP contribution in [0, 0.1) is 0 Å². The van der Waals surface area contributed by atoms with Crippen molar-refractivity contribution in [2.24, 2.45) is 0 Å². The van der Waals surface area contributed by atoms with Gasteiger partial charge in [0.15, 0.2) is 0 Å². The number of halogens is 1. The monoisotopic (exact) mass is 914 g/mol. The van der Waals surface area contributed by atoms with Gasteiger partial charge in [-0.05, 0) is 131 Å². The fourth-order valence-electron chi connectivity index (χ4n) is 6.15. The van der Waals surface area contributed by atoms with Crippen molar-refractivity contribution in [2.75, 3.05) is 14.2 Å². The fourth-order valence-corrected chi connectivity index (χ4v) is 6.42. The number of carboxylic acid groups (broad SMARTS) is 1. The molecule has 0 bridgehead atoms. The third kappa shape index (κ3) is 18.6. The summed E-state index contributed by atoms with van der Waals surface area (Å²) in [6, 6.07) is 46.0. The molecule has 0 fully saturated rings. The van der Waals surface area contributed by atoms with Crippen LogP contribution in [0.2, 0.25) is 0 Å². The summed E-state index contributed by atoms with van der Waals surface area (Å²) in [6.07, 6.45) is 10.9. The van der Waals surface area contributed by atoms with Crippen LogP contribution in [-0.4, -0.2) is 54.4 Å². The standard InChI is InChI=1S/C18H20O2.C17H18O2.C10H13Br.C8H9BO4/c1-3-4-5-14-6-8-15(9-7-14)16-10-12-17(13-11-16)18(19)20-2;1-2-3-4-13-5-7-14(8-6-13)15-9-11-16(12-10-15)17(18)19;1-2-3-4-9-5-7-10(11)8-6-9;1-13-8(10)6-2-4-7(5-3-6)9(11)12/h6-13H,3-5H2,1-2H3;5-12H,2-4H2,1H3,(H,18,19);5-8H,2-4H2,1H3;2-5,11-12H,1H3. The van der Waals surface area contributed by atoms with Gasteiger partial charge in [-0.25, -0.2) is 14.4 Å². The Morgan fingerprint density at radius 2 is 0.746 bits per heavy atom. The summed E-state index contributed by atoms with van der Waals surface area (Å²) in [5, 5.41) is 26.4. The highest BCUT2D eigenvalue weighted by Gasteiger charge is 2.12. The Balaban J connectivity index is 0.000000230. The first kappa shape index (κ1) is 51.5. The minimum absolute atomic E-state index is 0.300. The van der Waals surface area contributed by atoms with Crippen LogP contribution in [0.15, 0.2) is 150 Å². The molecule has 0 aliphatic rings. The Kier molecular flexibility index (Phi) is 23.5. The van der Waals surface area contributed by atoms with Gasteiger partial charge in [0.05, 0.1) is 30.9 Å². The van der Waals surface area contributed by atoms with Crippen LogP contribution in [0.3, 0.4) is 0 Å². The minimum atomic E-state index is -1.51. The van der Waals surface area contributed by atoms with Gasteiger partial charge in [0.1, 0.15) is 0 Å². The van der Waals surface area contributed by atoms with E-state index in [9.17, 15) is 14.4 Å². The van der Waals surface area contributed by atoms with Crippen LogP contribution in [0.4, 0.5) is 0 Å². The maximum Gasteiger partial charge on any atom is 0.488 e. The topological polar surface area (TPSA) is 130 Å². The summed E-state index contributed by atoms with van der Waals surface area (Å²) < 4.78 is 10.3. The van der Waals surface area contributed by atoms with Gasteiger partial charge in [-0.2, -0.15) is 0 Å². The molecule has 330 valence electrons. The van der Waals surface area contributed by atoms with Crippen molar-refractivity contribution in [2.45, 2.75) is 78.6 Å². The van der Waals surface area contributed by atoms with Gasteiger partial charge in [-0.3, -0.25) is 0 Å². The number of carbonyl (C=O) groups is 3.